The van der Waals surface area contributed by atoms with Gasteiger partial charge in [0.15, 0.2) is 0 Å². The van der Waals surface area contributed by atoms with Crippen molar-refractivity contribution < 1.29 is 9.18 Å². The summed E-state index contributed by atoms with van der Waals surface area (Å²) in [6.45, 7) is 4.46. The summed E-state index contributed by atoms with van der Waals surface area (Å²) in [5.74, 6) is -0.423. The van der Waals surface area contributed by atoms with E-state index in [-0.39, 0.29) is 11.4 Å². The number of rotatable bonds is 4. The summed E-state index contributed by atoms with van der Waals surface area (Å²) in [6, 6.07) is 8.89. The monoisotopic (exact) mass is 288 g/mol. The van der Waals surface area contributed by atoms with Crippen molar-refractivity contribution in [3.05, 3.63) is 58.1 Å². The lowest BCUT2D eigenvalue weighted by Crippen LogP contribution is -2.32. The van der Waals surface area contributed by atoms with Crippen molar-refractivity contribution in [3.8, 4) is 11.3 Å². The molecule has 2 aromatic rings. The van der Waals surface area contributed by atoms with Gasteiger partial charge in [0.25, 0.3) is 11.5 Å². The maximum Gasteiger partial charge on any atom is 0.261 e. The smallest absolute Gasteiger partial charge is 0.261 e. The topological polar surface area (TPSA) is 62.0 Å². The number of H-pyrrole nitrogens is 1. The van der Waals surface area contributed by atoms with Crippen LogP contribution < -0.4 is 10.9 Å². The van der Waals surface area contributed by atoms with Gasteiger partial charge in [-0.25, -0.2) is 4.39 Å². The molecule has 1 heterocycles. The first kappa shape index (κ1) is 15.0. The molecule has 2 rings (SSSR count). The van der Waals surface area contributed by atoms with Crippen molar-refractivity contribution >= 4 is 5.91 Å². The van der Waals surface area contributed by atoms with Crippen LogP contribution in [0.25, 0.3) is 11.3 Å². The van der Waals surface area contributed by atoms with Crippen LogP contribution in [-0.4, -0.2) is 17.4 Å². The summed E-state index contributed by atoms with van der Waals surface area (Å²) in [5, 5.41) is 2.70. The molecule has 0 aliphatic heterocycles. The van der Waals surface area contributed by atoms with Gasteiger partial charge in [0, 0.05) is 12.2 Å². The second-order valence-corrected chi connectivity index (χ2v) is 5.23. The van der Waals surface area contributed by atoms with Crippen LogP contribution in [0.1, 0.15) is 24.2 Å². The summed E-state index contributed by atoms with van der Waals surface area (Å²) in [7, 11) is 0. The number of halogens is 1. The Morgan fingerprint density at radius 1 is 1.19 bits per heavy atom. The lowest BCUT2D eigenvalue weighted by atomic mass is 10.1. The van der Waals surface area contributed by atoms with E-state index in [1.54, 1.807) is 18.2 Å². The molecule has 2 N–H and O–H groups in total. The van der Waals surface area contributed by atoms with Crippen molar-refractivity contribution in [2.24, 2.45) is 5.92 Å². The Morgan fingerprint density at radius 3 is 2.43 bits per heavy atom. The molecule has 0 fully saturated rings. The molecule has 5 heteroatoms. The summed E-state index contributed by atoms with van der Waals surface area (Å²) < 4.78 is 12.9. The number of carbonyl (C=O) groups is 1. The van der Waals surface area contributed by atoms with E-state index in [0.717, 1.165) is 0 Å². The average molecular weight is 288 g/mol. The molecule has 1 amide bonds. The number of aromatic amines is 1. The van der Waals surface area contributed by atoms with Crippen LogP contribution in [0.5, 0.6) is 0 Å². The van der Waals surface area contributed by atoms with Crippen LogP contribution in [0.4, 0.5) is 4.39 Å². The van der Waals surface area contributed by atoms with E-state index in [4.69, 9.17) is 0 Å². The molecule has 0 atom stereocenters. The predicted octanol–water partition coefficient (Wildman–Crippen LogP) is 2.57. The zero-order valence-electron chi connectivity index (χ0n) is 11.9. The van der Waals surface area contributed by atoms with Gasteiger partial charge in [-0.2, -0.15) is 0 Å². The van der Waals surface area contributed by atoms with Crippen molar-refractivity contribution in [2.75, 3.05) is 6.54 Å². The fraction of sp³-hybridized carbons (Fsp3) is 0.250. The normalized spacial score (nSPS) is 10.7. The van der Waals surface area contributed by atoms with Gasteiger partial charge in [-0.05, 0) is 47.9 Å². The lowest BCUT2D eigenvalue weighted by Gasteiger charge is -2.08. The Hall–Kier alpha value is -2.43. The number of nitrogens with one attached hydrogen (secondary N) is 2. The van der Waals surface area contributed by atoms with E-state index in [2.05, 4.69) is 10.3 Å². The van der Waals surface area contributed by atoms with Gasteiger partial charge in [-0.3, -0.25) is 9.59 Å². The molecule has 0 spiro atoms. The molecule has 0 saturated carbocycles. The highest BCUT2D eigenvalue weighted by atomic mass is 19.1. The Labute approximate surface area is 122 Å². The van der Waals surface area contributed by atoms with Crippen LogP contribution in [0.15, 0.2) is 41.2 Å². The van der Waals surface area contributed by atoms with Crippen LogP contribution in [0, 0.1) is 11.7 Å². The molecule has 1 aromatic heterocycles. The first-order valence-corrected chi connectivity index (χ1v) is 6.75. The molecule has 0 radical (unpaired) electrons. The third-order valence-corrected chi connectivity index (χ3v) is 2.98. The van der Waals surface area contributed by atoms with Crippen LogP contribution in [-0.2, 0) is 0 Å². The summed E-state index contributed by atoms with van der Waals surface area (Å²) in [4.78, 5) is 26.5. The summed E-state index contributed by atoms with van der Waals surface area (Å²) in [6.07, 6.45) is 0. The molecule has 0 aliphatic carbocycles. The predicted molar refractivity (Wildman–Crippen MR) is 79.6 cm³/mol. The van der Waals surface area contributed by atoms with Gasteiger partial charge in [-0.15, -0.1) is 0 Å². The van der Waals surface area contributed by atoms with Crippen molar-refractivity contribution in [1.82, 2.24) is 10.3 Å². The molecular weight excluding hydrogens is 271 g/mol. The first-order chi connectivity index (χ1) is 9.97. The Kier molecular flexibility index (Phi) is 4.52. The minimum atomic E-state index is -0.460. The number of pyridine rings is 1. The molecular formula is C16H17FN2O2. The average Bonchev–Trinajstić information content (AvgIpc) is 2.45. The van der Waals surface area contributed by atoms with E-state index >= 15 is 0 Å². The Bertz CT molecular complexity index is 690. The Morgan fingerprint density at radius 2 is 1.86 bits per heavy atom. The maximum atomic E-state index is 12.9. The third-order valence-electron chi connectivity index (χ3n) is 2.98. The number of carbonyl (C=O) groups excluding carboxylic acids is 1. The highest BCUT2D eigenvalue weighted by Gasteiger charge is 2.11. The molecule has 0 bridgehead atoms. The zero-order chi connectivity index (χ0) is 15.4. The van der Waals surface area contributed by atoms with Crippen LogP contribution in [0.3, 0.4) is 0 Å². The van der Waals surface area contributed by atoms with Crippen LogP contribution in [0.2, 0.25) is 0 Å². The van der Waals surface area contributed by atoms with Crippen molar-refractivity contribution in [1.29, 1.82) is 0 Å². The SMILES string of the molecule is CC(C)CNC(=O)c1ccc(-c2ccc(F)cc2)[nH]c1=O. The van der Waals surface area contributed by atoms with E-state index in [1.165, 1.54) is 18.2 Å². The van der Waals surface area contributed by atoms with Gasteiger partial charge in [0.2, 0.25) is 0 Å². The van der Waals surface area contributed by atoms with Crippen LogP contribution >= 0.6 is 0 Å². The van der Waals surface area contributed by atoms with Gasteiger partial charge in [0.1, 0.15) is 11.4 Å². The number of hydrogen-bond acceptors (Lipinski definition) is 2. The van der Waals surface area contributed by atoms with Crippen molar-refractivity contribution in [2.45, 2.75) is 13.8 Å². The molecule has 1 aromatic carbocycles. The molecule has 0 saturated heterocycles. The number of benzene rings is 1. The molecule has 21 heavy (non-hydrogen) atoms. The zero-order valence-corrected chi connectivity index (χ0v) is 11.9. The quantitative estimate of drug-likeness (QED) is 0.908. The first-order valence-electron chi connectivity index (χ1n) is 6.75. The second-order valence-electron chi connectivity index (χ2n) is 5.23. The van der Waals surface area contributed by atoms with Gasteiger partial charge >= 0.3 is 0 Å². The summed E-state index contributed by atoms with van der Waals surface area (Å²) >= 11 is 0. The number of hydrogen-bond donors (Lipinski definition) is 2. The van der Waals surface area contributed by atoms with Gasteiger partial charge < -0.3 is 10.3 Å². The number of amides is 1. The second kappa shape index (κ2) is 6.35. The minimum Gasteiger partial charge on any atom is -0.352 e. The lowest BCUT2D eigenvalue weighted by molar-refractivity contribution is 0.0947. The highest BCUT2D eigenvalue weighted by Crippen LogP contribution is 2.16. The summed E-state index contributed by atoms with van der Waals surface area (Å²) in [5.41, 5.74) is 0.836. The third kappa shape index (κ3) is 3.78. The largest absolute Gasteiger partial charge is 0.352 e. The van der Waals surface area contributed by atoms with E-state index < -0.39 is 11.5 Å². The van der Waals surface area contributed by atoms with Gasteiger partial charge in [0.05, 0.1) is 0 Å². The molecule has 0 aliphatic rings. The molecule has 110 valence electrons. The number of aromatic nitrogens is 1. The molecule has 4 nitrogen and oxygen atoms in total. The van der Waals surface area contributed by atoms with E-state index in [1.807, 2.05) is 13.8 Å². The minimum absolute atomic E-state index is 0.0708. The Balaban J connectivity index is 2.23. The fourth-order valence-electron chi connectivity index (χ4n) is 1.84. The highest BCUT2D eigenvalue weighted by molar-refractivity contribution is 5.94. The fourth-order valence-corrected chi connectivity index (χ4v) is 1.84. The maximum absolute atomic E-state index is 12.9. The van der Waals surface area contributed by atoms with Gasteiger partial charge in [-0.1, -0.05) is 13.8 Å². The van der Waals surface area contributed by atoms with E-state index in [9.17, 15) is 14.0 Å². The van der Waals surface area contributed by atoms with Crippen molar-refractivity contribution in [3.63, 3.8) is 0 Å². The standard InChI is InChI=1S/C16H17FN2O2/c1-10(2)9-18-15(20)13-7-8-14(19-16(13)21)11-3-5-12(17)6-4-11/h3-8,10H,9H2,1-2H3,(H,18,20)(H,19,21). The molecule has 0 unspecified atom stereocenters. The van der Waals surface area contributed by atoms with E-state index in [0.29, 0.717) is 23.7 Å².